The number of benzene rings is 2. The third kappa shape index (κ3) is 7.08. The molecule has 0 N–H and O–H groups in total. The Morgan fingerprint density at radius 1 is 0.682 bits per heavy atom. The average Bonchev–Trinajstić information content (AvgIpc) is 2.38. The Morgan fingerprint density at radius 2 is 0.955 bits per heavy atom. The Balaban J connectivity index is 0.000000422. The van der Waals surface area contributed by atoms with Gasteiger partial charge in [-0.3, -0.25) is 0 Å². The van der Waals surface area contributed by atoms with Crippen molar-refractivity contribution in [3.63, 3.8) is 0 Å². The largest absolute Gasteiger partial charge is 0.673 e. The fourth-order valence-corrected chi connectivity index (χ4v) is 5.36. The predicted octanol–water partition coefficient (Wildman–Crippen LogP) is 4.95. The van der Waals surface area contributed by atoms with Gasteiger partial charge in [-0.05, 0) is 45.0 Å². The van der Waals surface area contributed by atoms with E-state index >= 15 is 0 Å². The molecular weight excluding hydrogens is 310 g/mol. The molecule has 0 radical (unpaired) electrons. The smallest absolute Gasteiger partial charge is 0.418 e. The lowest BCUT2D eigenvalue weighted by Gasteiger charge is -2.23. The van der Waals surface area contributed by atoms with Gasteiger partial charge in [-0.15, -0.1) is 0 Å². The van der Waals surface area contributed by atoms with E-state index in [0.717, 1.165) is 0 Å². The molecule has 2 aromatic rings. The second-order valence-corrected chi connectivity index (χ2v) is 9.26. The SMILES string of the molecule is CC(C)(C)[PH+](c1ccccc1)c1ccccc1.F[B-](F)(F)F. The molecule has 6 heteroatoms. The van der Waals surface area contributed by atoms with Gasteiger partial charge in [-0.2, -0.15) is 0 Å². The minimum Gasteiger partial charge on any atom is -0.418 e. The first-order valence-corrected chi connectivity index (χ1v) is 8.44. The van der Waals surface area contributed by atoms with Crippen LogP contribution in [-0.4, -0.2) is 12.4 Å². The molecule has 0 saturated carbocycles. The van der Waals surface area contributed by atoms with Gasteiger partial charge in [-0.1, -0.05) is 36.4 Å². The zero-order chi connectivity index (χ0) is 16.8. The maximum Gasteiger partial charge on any atom is 0.673 e. The van der Waals surface area contributed by atoms with Crippen molar-refractivity contribution in [1.29, 1.82) is 0 Å². The summed E-state index contributed by atoms with van der Waals surface area (Å²) in [4.78, 5) is 0. The van der Waals surface area contributed by atoms with Gasteiger partial charge in [-0.25, -0.2) is 0 Å². The van der Waals surface area contributed by atoms with E-state index in [2.05, 4.69) is 81.4 Å². The third-order valence-electron chi connectivity index (χ3n) is 2.87. The summed E-state index contributed by atoms with van der Waals surface area (Å²) in [5.41, 5.74) is 0. The highest BCUT2D eigenvalue weighted by atomic mass is 31.1. The van der Waals surface area contributed by atoms with Crippen molar-refractivity contribution in [3.05, 3.63) is 60.7 Å². The van der Waals surface area contributed by atoms with Gasteiger partial charge in [0.1, 0.15) is 0 Å². The number of hydrogen-bond acceptors (Lipinski definition) is 0. The summed E-state index contributed by atoms with van der Waals surface area (Å²) in [6.07, 6.45) is 0. The van der Waals surface area contributed by atoms with Crippen molar-refractivity contribution in [1.82, 2.24) is 0 Å². The van der Waals surface area contributed by atoms with Crippen LogP contribution in [0.3, 0.4) is 0 Å². The van der Waals surface area contributed by atoms with E-state index in [4.69, 9.17) is 0 Å². The van der Waals surface area contributed by atoms with Crippen molar-refractivity contribution in [2.24, 2.45) is 0 Å². The highest BCUT2D eigenvalue weighted by molar-refractivity contribution is 7.74. The van der Waals surface area contributed by atoms with Gasteiger partial charge < -0.3 is 17.3 Å². The normalized spacial score (nSPS) is 11.8. The Hall–Kier alpha value is -1.35. The maximum absolute atomic E-state index is 9.75. The molecule has 0 spiro atoms. The average molecular weight is 330 g/mol. The van der Waals surface area contributed by atoms with Crippen LogP contribution in [-0.2, 0) is 0 Å². The van der Waals surface area contributed by atoms with Crippen molar-refractivity contribution < 1.29 is 17.3 Å². The van der Waals surface area contributed by atoms with Crippen molar-refractivity contribution in [3.8, 4) is 0 Å². The lowest BCUT2D eigenvalue weighted by atomic mass is 10.3. The molecule has 120 valence electrons. The van der Waals surface area contributed by atoms with Gasteiger partial charge in [0, 0.05) is 0 Å². The first-order valence-electron chi connectivity index (χ1n) is 6.94. The second-order valence-electron chi connectivity index (χ2n) is 5.85. The van der Waals surface area contributed by atoms with Gasteiger partial charge in [0.25, 0.3) is 0 Å². The molecule has 2 rings (SSSR count). The molecule has 0 fully saturated rings. The molecule has 0 nitrogen and oxygen atoms in total. The number of halogens is 4. The van der Waals surface area contributed by atoms with Crippen LogP contribution in [0, 0.1) is 0 Å². The molecule has 0 aliphatic rings. The van der Waals surface area contributed by atoms with Gasteiger partial charge in [0.05, 0.1) is 23.7 Å². The van der Waals surface area contributed by atoms with E-state index < -0.39 is 15.2 Å². The molecule has 0 aliphatic heterocycles. The summed E-state index contributed by atoms with van der Waals surface area (Å²) in [5.74, 6) is 0. The number of hydrogen-bond donors (Lipinski definition) is 0. The first-order chi connectivity index (χ1) is 10.1. The predicted molar refractivity (Wildman–Crippen MR) is 90.4 cm³/mol. The molecule has 0 atom stereocenters. The zero-order valence-corrected chi connectivity index (χ0v) is 13.9. The van der Waals surface area contributed by atoms with Gasteiger partial charge in [0.15, 0.2) is 0 Å². The zero-order valence-electron chi connectivity index (χ0n) is 12.9. The molecule has 0 bridgehead atoms. The maximum atomic E-state index is 9.75. The van der Waals surface area contributed by atoms with Crippen LogP contribution >= 0.6 is 7.92 Å². The van der Waals surface area contributed by atoms with Crippen LogP contribution in [0.15, 0.2) is 60.7 Å². The van der Waals surface area contributed by atoms with Crippen LogP contribution < -0.4 is 10.6 Å². The minimum absolute atomic E-state index is 0.327. The molecule has 0 aromatic heterocycles. The minimum atomic E-state index is -6.00. The van der Waals surface area contributed by atoms with Crippen LogP contribution in [0.4, 0.5) is 17.3 Å². The van der Waals surface area contributed by atoms with E-state index in [1.54, 1.807) is 0 Å². The highest BCUT2D eigenvalue weighted by Gasteiger charge is 2.35. The Bertz CT molecular complexity index is 504. The summed E-state index contributed by atoms with van der Waals surface area (Å²) in [5, 5.41) is 3.32. The fraction of sp³-hybridized carbons (Fsp3) is 0.250. The molecule has 2 aromatic carbocycles. The quantitative estimate of drug-likeness (QED) is 0.415. The fourth-order valence-electron chi connectivity index (χ4n) is 2.24. The Morgan fingerprint density at radius 3 is 1.18 bits per heavy atom. The van der Waals surface area contributed by atoms with Crippen LogP contribution in [0.25, 0.3) is 0 Å². The van der Waals surface area contributed by atoms with Crippen molar-refractivity contribution in [2.45, 2.75) is 25.9 Å². The molecule has 0 amide bonds. The van der Waals surface area contributed by atoms with Crippen LogP contribution in [0.5, 0.6) is 0 Å². The van der Waals surface area contributed by atoms with E-state index in [0.29, 0.717) is 5.16 Å². The van der Waals surface area contributed by atoms with Crippen LogP contribution in [0.2, 0.25) is 0 Å². The summed E-state index contributed by atoms with van der Waals surface area (Å²) >= 11 is 0. The lowest BCUT2D eigenvalue weighted by Crippen LogP contribution is -2.26. The van der Waals surface area contributed by atoms with E-state index in [9.17, 15) is 17.3 Å². The Kier molecular flexibility index (Phi) is 6.61. The van der Waals surface area contributed by atoms with E-state index in [-0.39, 0.29) is 0 Å². The molecule has 22 heavy (non-hydrogen) atoms. The topological polar surface area (TPSA) is 0 Å². The van der Waals surface area contributed by atoms with Crippen LogP contribution in [0.1, 0.15) is 20.8 Å². The number of rotatable bonds is 2. The lowest BCUT2D eigenvalue weighted by molar-refractivity contribution is 0.368. The van der Waals surface area contributed by atoms with Crippen molar-refractivity contribution >= 4 is 25.8 Å². The van der Waals surface area contributed by atoms with E-state index in [1.165, 1.54) is 10.6 Å². The molecule has 0 aliphatic carbocycles. The van der Waals surface area contributed by atoms with Gasteiger partial charge >= 0.3 is 7.25 Å². The summed E-state index contributed by atoms with van der Waals surface area (Å²) in [6.45, 7) is 7.05. The summed E-state index contributed by atoms with van der Waals surface area (Å²) in [6, 6.07) is 21.9. The third-order valence-corrected chi connectivity index (χ3v) is 6.20. The molecular formula is C16H20BF4P. The molecule has 0 heterocycles. The highest BCUT2D eigenvalue weighted by Crippen LogP contribution is 2.47. The van der Waals surface area contributed by atoms with Gasteiger partial charge in [0.2, 0.25) is 0 Å². The monoisotopic (exact) mass is 330 g/mol. The standard InChI is InChI=1S/C16H19P.BF4/c1-16(2,3)17(14-10-6-4-7-11-14)15-12-8-5-9-13-15;2-1(3,4)5/h4-13H,1-3H3;/q;-1/p+1. The summed E-state index contributed by atoms with van der Waals surface area (Å²) < 4.78 is 39.0. The summed E-state index contributed by atoms with van der Waals surface area (Å²) in [7, 11) is -6.72. The second kappa shape index (κ2) is 7.78. The van der Waals surface area contributed by atoms with Crippen molar-refractivity contribution in [2.75, 3.05) is 0 Å². The Labute approximate surface area is 130 Å². The first kappa shape index (κ1) is 18.7. The van der Waals surface area contributed by atoms with E-state index in [1.807, 2.05) is 0 Å². The molecule has 0 unspecified atom stereocenters. The molecule has 0 saturated heterocycles.